The van der Waals surface area contributed by atoms with Gasteiger partial charge >= 0.3 is 0 Å². The fourth-order valence-corrected chi connectivity index (χ4v) is 2.28. The molecule has 0 spiro atoms. The average molecular weight is 302 g/mol. The van der Waals surface area contributed by atoms with Crippen molar-refractivity contribution in [3.05, 3.63) is 34.1 Å². The van der Waals surface area contributed by atoms with Gasteiger partial charge in [0.1, 0.15) is 5.82 Å². The van der Waals surface area contributed by atoms with Crippen LogP contribution in [0.25, 0.3) is 0 Å². The summed E-state index contributed by atoms with van der Waals surface area (Å²) in [6.45, 7) is 4.05. The number of carbonyl (C=O) groups is 1. The van der Waals surface area contributed by atoms with E-state index in [1.165, 1.54) is 6.07 Å². The highest BCUT2D eigenvalue weighted by atomic mass is 79.9. The molecule has 4 heteroatoms. The number of carbonyl (C=O) groups excluding carboxylic acids is 1. The Kier molecular flexibility index (Phi) is 4.83. The molecule has 0 heterocycles. The topological polar surface area (TPSA) is 43.1 Å². The van der Waals surface area contributed by atoms with E-state index in [1.54, 1.807) is 12.1 Å². The molecular formula is C13H17BrFNO. The highest BCUT2D eigenvalue weighted by molar-refractivity contribution is 9.10. The van der Waals surface area contributed by atoms with Crippen molar-refractivity contribution < 1.29 is 9.18 Å². The molecule has 1 aromatic carbocycles. The molecule has 0 saturated heterocycles. The Morgan fingerprint density at radius 2 is 2.00 bits per heavy atom. The van der Waals surface area contributed by atoms with Crippen LogP contribution >= 0.6 is 15.9 Å². The number of nitrogens with two attached hydrogens (primary N) is 1. The third-order valence-corrected chi connectivity index (χ3v) is 4.03. The van der Waals surface area contributed by atoms with Gasteiger partial charge in [-0.3, -0.25) is 4.79 Å². The molecule has 0 aromatic heterocycles. The maximum Gasteiger partial charge on any atom is 0.173 e. The zero-order chi connectivity index (χ0) is 13.1. The van der Waals surface area contributed by atoms with Gasteiger partial charge in [-0.1, -0.05) is 19.9 Å². The molecule has 2 nitrogen and oxygen atoms in total. The van der Waals surface area contributed by atoms with Crippen molar-refractivity contribution in [2.75, 3.05) is 6.54 Å². The fourth-order valence-electron chi connectivity index (χ4n) is 1.92. The second kappa shape index (κ2) is 5.74. The monoisotopic (exact) mass is 301 g/mol. The summed E-state index contributed by atoms with van der Waals surface area (Å²) in [5.74, 6) is -0.707. The number of rotatable bonds is 5. The van der Waals surface area contributed by atoms with Crippen molar-refractivity contribution >= 4 is 21.7 Å². The number of Topliss-reactive ketones (excluding diaryl/α,β-unsaturated/α-hetero) is 1. The lowest BCUT2D eigenvalue weighted by atomic mass is 9.76. The van der Waals surface area contributed by atoms with Crippen molar-refractivity contribution in [2.24, 2.45) is 11.1 Å². The van der Waals surface area contributed by atoms with Gasteiger partial charge in [-0.25, -0.2) is 4.39 Å². The van der Waals surface area contributed by atoms with Crippen LogP contribution in [0.3, 0.4) is 0 Å². The normalized spacial score (nSPS) is 11.6. The highest BCUT2D eigenvalue weighted by Crippen LogP contribution is 2.32. The van der Waals surface area contributed by atoms with Crippen LogP contribution in [0, 0.1) is 11.2 Å². The first-order valence-electron chi connectivity index (χ1n) is 5.71. The van der Waals surface area contributed by atoms with Gasteiger partial charge in [-0.2, -0.15) is 0 Å². The Morgan fingerprint density at radius 3 is 2.47 bits per heavy atom. The Hall–Kier alpha value is -0.740. The van der Waals surface area contributed by atoms with E-state index in [0.717, 1.165) is 0 Å². The molecule has 0 unspecified atom stereocenters. The Bertz CT molecular complexity index is 408. The van der Waals surface area contributed by atoms with Crippen LogP contribution in [-0.4, -0.2) is 12.3 Å². The molecule has 17 heavy (non-hydrogen) atoms. The number of hydrogen-bond donors (Lipinski definition) is 1. The summed E-state index contributed by atoms with van der Waals surface area (Å²) in [7, 11) is 0. The van der Waals surface area contributed by atoms with Crippen LogP contribution in [0.1, 0.15) is 37.0 Å². The van der Waals surface area contributed by atoms with Crippen molar-refractivity contribution in [3.8, 4) is 0 Å². The molecule has 94 valence electrons. The van der Waals surface area contributed by atoms with Gasteiger partial charge in [-0.05, 0) is 40.9 Å². The molecule has 2 N–H and O–H groups in total. The second-order valence-corrected chi connectivity index (χ2v) is 4.98. The molecule has 0 atom stereocenters. The third kappa shape index (κ3) is 2.58. The predicted octanol–water partition coefficient (Wildman–Crippen LogP) is 3.54. The van der Waals surface area contributed by atoms with E-state index in [0.29, 0.717) is 17.3 Å². The minimum absolute atomic E-state index is 0.119. The minimum atomic E-state index is -0.651. The standard InChI is InChI=1S/C13H17BrFNO/c1-3-13(4-2,8-16)12(17)9-6-5-7-10(14)11(9)15/h5-7H,3-4,8,16H2,1-2H3. The van der Waals surface area contributed by atoms with Crippen LogP contribution in [0.5, 0.6) is 0 Å². The minimum Gasteiger partial charge on any atom is -0.329 e. The number of halogens is 2. The van der Waals surface area contributed by atoms with E-state index in [1.807, 2.05) is 13.8 Å². The van der Waals surface area contributed by atoms with E-state index < -0.39 is 11.2 Å². The number of benzene rings is 1. The van der Waals surface area contributed by atoms with Crippen LogP contribution < -0.4 is 5.73 Å². The molecule has 0 bridgehead atoms. The van der Waals surface area contributed by atoms with Gasteiger partial charge in [0.25, 0.3) is 0 Å². The van der Waals surface area contributed by atoms with Gasteiger partial charge in [0, 0.05) is 12.0 Å². The molecule has 0 radical (unpaired) electrons. The molecule has 0 aliphatic carbocycles. The van der Waals surface area contributed by atoms with E-state index in [-0.39, 0.29) is 17.9 Å². The lowest BCUT2D eigenvalue weighted by molar-refractivity contribution is 0.0782. The smallest absolute Gasteiger partial charge is 0.173 e. The molecule has 0 amide bonds. The molecule has 0 aliphatic rings. The van der Waals surface area contributed by atoms with E-state index >= 15 is 0 Å². The Labute approximate surface area is 110 Å². The lowest BCUT2D eigenvalue weighted by Gasteiger charge is -2.28. The Morgan fingerprint density at radius 1 is 1.41 bits per heavy atom. The lowest BCUT2D eigenvalue weighted by Crippen LogP contribution is -2.38. The second-order valence-electron chi connectivity index (χ2n) is 4.12. The first-order chi connectivity index (χ1) is 8.02. The molecule has 1 aromatic rings. The highest BCUT2D eigenvalue weighted by Gasteiger charge is 2.35. The van der Waals surface area contributed by atoms with Crippen molar-refractivity contribution in [3.63, 3.8) is 0 Å². The maximum atomic E-state index is 13.9. The summed E-state index contributed by atoms with van der Waals surface area (Å²) in [4.78, 5) is 12.4. The van der Waals surface area contributed by atoms with Gasteiger partial charge in [-0.15, -0.1) is 0 Å². The van der Waals surface area contributed by atoms with E-state index in [4.69, 9.17) is 5.73 Å². The van der Waals surface area contributed by atoms with E-state index in [9.17, 15) is 9.18 Å². The number of ketones is 1. The summed E-state index contributed by atoms with van der Waals surface area (Å²) in [5.41, 5.74) is 5.17. The van der Waals surface area contributed by atoms with Crippen LogP contribution in [-0.2, 0) is 0 Å². The quantitative estimate of drug-likeness (QED) is 0.845. The Balaban J connectivity index is 3.24. The first-order valence-corrected chi connectivity index (χ1v) is 6.50. The van der Waals surface area contributed by atoms with Crippen LogP contribution in [0.4, 0.5) is 4.39 Å². The fraction of sp³-hybridized carbons (Fsp3) is 0.462. The number of hydrogen-bond acceptors (Lipinski definition) is 2. The largest absolute Gasteiger partial charge is 0.329 e. The molecule has 0 fully saturated rings. The summed E-state index contributed by atoms with van der Waals surface area (Å²) < 4.78 is 14.2. The van der Waals surface area contributed by atoms with Gasteiger partial charge in [0.2, 0.25) is 0 Å². The zero-order valence-corrected chi connectivity index (χ0v) is 11.7. The van der Waals surface area contributed by atoms with Crippen molar-refractivity contribution in [1.29, 1.82) is 0 Å². The van der Waals surface area contributed by atoms with Gasteiger partial charge in [0.05, 0.1) is 10.0 Å². The van der Waals surface area contributed by atoms with Gasteiger partial charge < -0.3 is 5.73 Å². The molecule has 0 saturated carbocycles. The molecular weight excluding hydrogens is 285 g/mol. The summed E-state index contributed by atoms with van der Waals surface area (Å²) in [6.07, 6.45) is 1.23. The summed E-state index contributed by atoms with van der Waals surface area (Å²) in [6, 6.07) is 4.75. The maximum absolute atomic E-state index is 13.9. The van der Waals surface area contributed by atoms with Gasteiger partial charge in [0.15, 0.2) is 5.78 Å². The predicted molar refractivity (Wildman–Crippen MR) is 70.5 cm³/mol. The average Bonchev–Trinajstić information content (AvgIpc) is 2.35. The molecule has 0 aliphatic heterocycles. The SMILES string of the molecule is CCC(CC)(CN)C(=O)c1cccc(Br)c1F. The first kappa shape index (κ1) is 14.3. The zero-order valence-electron chi connectivity index (χ0n) is 10.1. The van der Waals surface area contributed by atoms with Crippen molar-refractivity contribution in [1.82, 2.24) is 0 Å². The van der Waals surface area contributed by atoms with Crippen LogP contribution in [0.2, 0.25) is 0 Å². The summed E-state index contributed by atoms with van der Waals surface area (Å²) >= 11 is 3.09. The third-order valence-electron chi connectivity index (χ3n) is 3.42. The summed E-state index contributed by atoms with van der Waals surface area (Å²) in [5, 5.41) is 0. The van der Waals surface area contributed by atoms with E-state index in [2.05, 4.69) is 15.9 Å². The van der Waals surface area contributed by atoms with Crippen LogP contribution in [0.15, 0.2) is 22.7 Å². The van der Waals surface area contributed by atoms with Crippen molar-refractivity contribution in [2.45, 2.75) is 26.7 Å². The molecule has 1 rings (SSSR count).